The van der Waals surface area contributed by atoms with Crippen LogP contribution < -0.4 is 4.74 Å². The maximum atomic E-state index is 9.24. The van der Waals surface area contributed by atoms with Crippen molar-refractivity contribution in [2.45, 2.75) is 19.4 Å². The molecule has 0 unspecified atom stereocenters. The van der Waals surface area contributed by atoms with Crippen LogP contribution in [0.1, 0.15) is 13.3 Å². The van der Waals surface area contributed by atoms with E-state index in [9.17, 15) is 5.11 Å². The van der Waals surface area contributed by atoms with E-state index < -0.39 is 6.10 Å². The van der Waals surface area contributed by atoms with Gasteiger partial charge in [-0.1, -0.05) is 30.7 Å². The highest BCUT2D eigenvalue weighted by molar-refractivity contribution is 6.32. The van der Waals surface area contributed by atoms with Crippen molar-refractivity contribution in [1.29, 1.82) is 0 Å². The average Bonchev–Trinajstić information content (AvgIpc) is 2.16. The summed E-state index contributed by atoms with van der Waals surface area (Å²) in [5.41, 5.74) is 0. The Labute approximate surface area is 83.1 Å². The second-order valence-electron chi connectivity index (χ2n) is 2.80. The summed E-state index contributed by atoms with van der Waals surface area (Å²) in [5.74, 6) is 0.622. The summed E-state index contributed by atoms with van der Waals surface area (Å²) in [6, 6.07) is 7.23. The molecule has 1 atom stereocenters. The van der Waals surface area contributed by atoms with Crippen molar-refractivity contribution in [3.8, 4) is 5.75 Å². The van der Waals surface area contributed by atoms with Crippen molar-refractivity contribution in [3.63, 3.8) is 0 Å². The minimum Gasteiger partial charge on any atom is -0.489 e. The number of rotatable bonds is 4. The largest absolute Gasteiger partial charge is 0.489 e. The number of halogens is 1. The smallest absolute Gasteiger partial charge is 0.138 e. The molecule has 0 saturated heterocycles. The van der Waals surface area contributed by atoms with Crippen LogP contribution in [-0.4, -0.2) is 17.8 Å². The highest BCUT2D eigenvalue weighted by atomic mass is 35.5. The molecular weight excluding hydrogens is 188 g/mol. The molecule has 0 bridgehead atoms. The Morgan fingerprint density at radius 2 is 2.15 bits per heavy atom. The molecule has 0 fully saturated rings. The topological polar surface area (TPSA) is 29.5 Å². The van der Waals surface area contributed by atoms with Gasteiger partial charge in [-0.15, -0.1) is 0 Å². The normalized spacial score (nSPS) is 12.5. The van der Waals surface area contributed by atoms with Gasteiger partial charge in [-0.05, 0) is 18.6 Å². The quantitative estimate of drug-likeness (QED) is 0.809. The zero-order valence-electron chi connectivity index (χ0n) is 7.53. The van der Waals surface area contributed by atoms with E-state index >= 15 is 0 Å². The summed E-state index contributed by atoms with van der Waals surface area (Å²) >= 11 is 5.84. The predicted octanol–water partition coefficient (Wildman–Crippen LogP) is 2.49. The van der Waals surface area contributed by atoms with E-state index in [1.54, 1.807) is 12.1 Å². The highest BCUT2D eigenvalue weighted by Crippen LogP contribution is 2.23. The van der Waals surface area contributed by atoms with Crippen molar-refractivity contribution in [2.24, 2.45) is 0 Å². The molecule has 1 N–H and O–H groups in total. The van der Waals surface area contributed by atoms with Crippen LogP contribution in [0.2, 0.25) is 5.02 Å². The summed E-state index contributed by atoms with van der Waals surface area (Å²) in [6.45, 7) is 2.20. The van der Waals surface area contributed by atoms with Crippen LogP contribution in [-0.2, 0) is 0 Å². The van der Waals surface area contributed by atoms with Gasteiger partial charge < -0.3 is 9.84 Å². The maximum absolute atomic E-state index is 9.24. The molecule has 1 rings (SSSR count). The van der Waals surface area contributed by atoms with E-state index in [1.807, 2.05) is 19.1 Å². The first kappa shape index (κ1) is 10.4. The Morgan fingerprint density at radius 3 is 2.77 bits per heavy atom. The first-order valence-electron chi connectivity index (χ1n) is 4.29. The third-order valence-electron chi connectivity index (χ3n) is 1.74. The van der Waals surface area contributed by atoms with Crippen LogP contribution in [0.25, 0.3) is 0 Å². The van der Waals surface area contributed by atoms with Crippen LogP contribution in [0.15, 0.2) is 24.3 Å². The standard InChI is InChI=1S/C10H13ClO2/c1-2-8(12)7-13-10-6-4-3-5-9(10)11/h3-6,8,12H,2,7H2,1H3/t8-/m0/s1. The summed E-state index contributed by atoms with van der Waals surface area (Å²) < 4.78 is 5.31. The van der Waals surface area contributed by atoms with Crippen molar-refractivity contribution in [1.82, 2.24) is 0 Å². The van der Waals surface area contributed by atoms with Gasteiger partial charge in [-0.3, -0.25) is 0 Å². The summed E-state index contributed by atoms with van der Waals surface area (Å²) in [5, 5.41) is 9.82. The van der Waals surface area contributed by atoms with E-state index in [4.69, 9.17) is 16.3 Å². The minimum absolute atomic E-state index is 0.292. The third-order valence-corrected chi connectivity index (χ3v) is 2.05. The Balaban J connectivity index is 2.50. The fourth-order valence-corrected chi connectivity index (χ4v) is 1.06. The zero-order chi connectivity index (χ0) is 9.68. The number of benzene rings is 1. The van der Waals surface area contributed by atoms with E-state index in [0.29, 0.717) is 23.8 Å². The van der Waals surface area contributed by atoms with Gasteiger partial charge in [0.05, 0.1) is 11.1 Å². The lowest BCUT2D eigenvalue weighted by atomic mass is 10.3. The van der Waals surface area contributed by atoms with Crippen LogP contribution in [0.5, 0.6) is 5.75 Å². The van der Waals surface area contributed by atoms with Crippen LogP contribution in [0.4, 0.5) is 0 Å². The molecule has 0 saturated carbocycles. The molecule has 0 heterocycles. The third kappa shape index (κ3) is 3.25. The molecule has 0 amide bonds. The van der Waals surface area contributed by atoms with Crippen LogP contribution >= 0.6 is 11.6 Å². The molecule has 0 aromatic heterocycles. The SMILES string of the molecule is CC[C@H](O)COc1ccccc1Cl. The molecular formula is C10H13ClO2. The van der Waals surface area contributed by atoms with Crippen molar-refractivity contribution < 1.29 is 9.84 Å². The van der Waals surface area contributed by atoms with Gasteiger partial charge in [0.1, 0.15) is 12.4 Å². The molecule has 13 heavy (non-hydrogen) atoms. The fourth-order valence-electron chi connectivity index (χ4n) is 0.866. The monoisotopic (exact) mass is 200 g/mol. The van der Waals surface area contributed by atoms with Crippen molar-refractivity contribution >= 4 is 11.6 Å². The van der Waals surface area contributed by atoms with Gasteiger partial charge >= 0.3 is 0 Å². The number of aliphatic hydroxyl groups is 1. The molecule has 0 aliphatic heterocycles. The zero-order valence-corrected chi connectivity index (χ0v) is 8.29. The highest BCUT2D eigenvalue weighted by Gasteiger charge is 2.03. The van der Waals surface area contributed by atoms with Gasteiger partial charge in [-0.25, -0.2) is 0 Å². The van der Waals surface area contributed by atoms with E-state index in [-0.39, 0.29) is 0 Å². The van der Waals surface area contributed by atoms with E-state index in [2.05, 4.69) is 0 Å². The first-order chi connectivity index (χ1) is 6.24. The van der Waals surface area contributed by atoms with E-state index in [0.717, 1.165) is 0 Å². The molecule has 3 heteroatoms. The molecule has 1 aromatic rings. The predicted molar refractivity (Wildman–Crippen MR) is 53.2 cm³/mol. The fraction of sp³-hybridized carbons (Fsp3) is 0.400. The summed E-state index contributed by atoms with van der Waals surface area (Å²) in [7, 11) is 0. The lowest BCUT2D eigenvalue weighted by Crippen LogP contribution is -2.16. The lowest BCUT2D eigenvalue weighted by molar-refractivity contribution is 0.104. The maximum Gasteiger partial charge on any atom is 0.138 e. The molecule has 0 aliphatic carbocycles. The molecule has 0 aliphatic rings. The number of hydrogen-bond donors (Lipinski definition) is 1. The van der Waals surface area contributed by atoms with E-state index in [1.165, 1.54) is 0 Å². The van der Waals surface area contributed by atoms with Crippen molar-refractivity contribution in [3.05, 3.63) is 29.3 Å². The summed E-state index contributed by atoms with van der Waals surface area (Å²) in [6.07, 6.45) is 0.265. The molecule has 72 valence electrons. The average molecular weight is 201 g/mol. The molecule has 0 radical (unpaired) electrons. The van der Waals surface area contributed by atoms with Crippen molar-refractivity contribution in [2.75, 3.05) is 6.61 Å². The molecule has 1 aromatic carbocycles. The Hall–Kier alpha value is -0.730. The van der Waals surface area contributed by atoms with Crippen LogP contribution in [0, 0.1) is 0 Å². The number of para-hydroxylation sites is 1. The first-order valence-corrected chi connectivity index (χ1v) is 4.67. The van der Waals surface area contributed by atoms with Crippen LogP contribution in [0.3, 0.4) is 0 Å². The molecule has 0 spiro atoms. The number of hydrogen-bond acceptors (Lipinski definition) is 2. The van der Waals surface area contributed by atoms with Gasteiger partial charge in [0.15, 0.2) is 0 Å². The van der Waals surface area contributed by atoms with Gasteiger partial charge in [0.2, 0.25) is 0 Å². The second-order valence-corrected chi connectivity index (χ2v) is 3.21. The van der Waals surface area contributed by atoms with Gasteiger partial charge in [-0.2, -0.15) is 0 Å². The Morgan fingerprint density at radius 1 is 1.46 bits per heavy atom. The summed E-state index contributed by atoms with van der Waals surface area (Å²) in [4.78, 5) is 0. The molecule has 2 nitrogen and oxygen atoms in total. The minimum atomic E-state index is -0.420. The van der Waals surface area contributed by atoms with Gasteiger partial charge in [0, 0.05) is 0 Å². The number of aliphatic hydroxyl groups excluding tert-OH is 1. The number of ether oxygens (including phenoxy) is 1. The van der Waals surface area contributed by atoms with Gasteiger partial charge in [0.25, 0.3) is 0 Å². The Bertz CT molecular complexity index is 263. The second kappa shape index (κ2) is 5.10. The lowest BCUT2D eigenvalue weighted by Gasteiger charge is -2.10. The Kier molecular flexibility index (Phi) is 4.06.